The molecule has 1 aromatic carbocycles. The van der Waals surface area contributed by atoms with Crippen molar-refractivity contribution in [2.45, 2.75) is 77.6 Å². The summed E-state index contributed by atoms with van der Waals surface area (Å²) >= 11 is 0. The number of unbranched alkanes of at least 4 members (excludes halogenated alkanes) is 9. The second kappa shape index (κ2) is 10.2. The minimum Gasteiger partial charge on any atom is -0.289 e. The Bertz CT molecular complexity index is 583. The molecule has 0 fully saturated rings. The highest BCUT2D eigenvalue weighted by atomic mass is 16.1. The monoisotopic (exact) mass is 326 g/mol. The number of allylic oxidation sites excluding steroid dienone is 2. The molecule has 0 unspecified atom stereocenters. The Balaban J connectivity index is 1.63. The van der Waals surface area contributed by atoms with Crippen LogP contribution in [0, 0.1) is 0 Å². The lowest BCUT2D eigenvalue weighted by molar-refractivity contribution is 0.0981. The van der Waals surface area contributed by atoms with Gasteiger partial charge in [-0.3, -0.25) is 9.59 Å². The van der Waals surface area contributed by atoms with E-state index in [4.69, 9.17) is 0 Å². The van der Waals surface area contributed by atoms with E-state index in [1.54, 1.807) is 18.2 Å². The molecule has 0 amide bonds. The predicted molar refractivity (Wildman–Crippen MR) is 99.6 cm³/mol. The second-order valence-electron chi connectivity index (χ2n) is 6.84. The smallest absolute Gasteiger partial charge is 0.189 e. The minimum absolute atomic E-state index is 0.0210. The molecule has 2 heteroatoms. The fourth-order valence-electron chi connectivity index (χ4n) is 3.36. The van der Waals surface area contributed by atoms with E-state index in [1.807, 2.05) is 12.1 Å². The van der Waals surface area contributed by atoms with Crippen LogP contribution in [-0.2, 0) is 0 Å². The predicted octanol–water partition coefficient (Wildman–Crippen LogP) is 6.30. The van der Waals surface area contributed by atoms with E-state index in [1.165, 1.54) is 51.4 Å². The molecule has 2 rings (SSSR count). The summed E-state index contributed by atoms with van der Waals surface area (Å²) in [6.45, 7) is 2.25. The van der Waals surface area contributed by atoms with Crippen molar-refractivity contribution in [2.75, 3.05) is 0 Å². The third kappa shape index (κ3) is 5.43. The standard InChI is InChI=1S/C22H30O2/c1-2-3-4-5-6-7-8-9-10-11-14-18-17-21(23)19-15-12-13-16-20(19)22(18)24/h12-13,15-17H,2-11,14H2,1H3. The summed E-state index contributed by atoms with van der Waals surface area (Å²) in [7, 11) is 0. The number of carbonyl (C=O) groups excluding carboxylic acids is 2. The maximum Gasteiger partial charge on any atom is 0.189 e. The highest BCUT2D eigenvalue weighted by Crippen LogP contribution is 2.24. The van der Waals surface area contributed by atoms with Crippen molar-refractivity contribution in [1.29, 1.82) is 0 Å². The maximum absolute atomic E-state index is 12.4. The molecule has 1 aliphatic rings. The summed E-state index contributed by atoms with van der Waals surface area (Å²) in [6.07, 6.45) is 15.1. The van der Waals surface area contributed by atoms with Crippen LogP contribution < -0.4 is 0 Å². The summed E-state index contributed by atoms with van der Waals surface area (Å²) in [5.74, 6) is 0.0217. The van der Waals surface area contributed by atoms with Crippen molar-refractivity contribution in [3.8, 4) is 0 Å². The summed E-state index contributed by atoms with van der Waals surface area (Å²) in [6, 6.07) is 7.14. The van der Waals surface area contributed by atoms with Gasteiger partial charge in [0.15, 0.2) is 11.6 Å². The molecule has 0 aromatic heterocycles. The van der Waals surface area contributed by atoms with Crippen LogP contribution in [0.25, 0.3) is 0 Å². The minimum atomic E-state index is -0.0210. The van der Waals surface area contributed by atoms with E-state index in [0.29, 0.717) is 16.7 Å². The first-order chi connectivity index (χ1) is 11.7. The van der Waals surface area contributed by atoms with E-state index < -0.39 is 0 Å². The van der Waals surface area contributed by atoms with Gasteiger partial charge in [0.05, 0.1) is 0 Å². The molecule has 0 saturated carbocycles. The number of fused-ring (bicyclic) bond motifs is 1. The number of ketones is 2. The van der Waals surface area contributed by atoms with Crippen molar-refractivity contribution < 1.29 is 9.59 Å². The van der Waals surface area contributed by atoms with Crippen molar-refractivity contribution in [1.82, 2.24) is 0 Å². The maximum atomic E-state index is 12.4. The Labute approximate surface area is 146 Å². The van der Waals surface area contributed by atoms with E-state index in [9.17, 15) is 9.59 Å². The van der Waals surface area contributed by atoms with E-state index >= 15 is 0 Å². The van der Waals surface area contributed by atoms with Crippen molar-refractivity contribution in [2.24, 2.45) is 0 Å². The Hall–Kier alpha value is -1.70. The highest BCUT2D eigenvalue weighted by Gasteiger charge is 2.24. The lowest BCUT2D eigenvalue weighted by Gasteiger charge is -2.14. The zero-order valence-corrected chi connectivity index (χ0v) is 15.0. The molecule has 0 bridgehead atoms. The average Bonchev–Trinajstić information content (AvgIpc) is 2.60. The molecule has 0 radical (unpaired) electrons. The fourth-order valence-corrected chi connectivity index (χ4v) is 3.36. The first-order valence-electron chi connectivity index (χ1n) is 9.62. The molecule has 24 heavy (non-hydrogen) atoms. The third-order valence-corrected chi connectivity index (χ3v) is 4.83. The van der Waals surface area contributed by atoms with Crippen LogP contribution in [0.3, 0.4) is 0 Å². The van der Waals surface area contributed by atoms with Gasteiger partial charge in [0.2, 0.25) is 0 Å². The summed E-state index contributed by atoms with van der Waals surface area (Å²) < 4.78 is 0. The Kier molecular flexibility index (Phi) is 7.94. The van der Waals surface area contributed by atoms with E-state index in [0.717, 1.165) is 19.3 Å². The van der Waals surface area contributed by atoms with Crippen LogP contribution in [0.4, 0.5) is 0 Å². The van der Waals surface area contributed by atoms with Crippen LogP contribution >= 0.6 is 0 Å². The van der Waals surface area contributed by atoms with Gasteiger partial charge in [-0.2, -0.15) is 0 Å². The van der Waals surface area contributed by atoms with Gasteiger partial charge in [-0.05, 0) is 18.9 Å². The quantitative estimate of drug-likeness (QED) is 0.447. The third-order valence-electron chi connectivity index (χ3n) is 4.83. The SMILES string of the molecule is CCCCCCCCCCCCC1=CC(=O)c2ccccc2C1=O. The molecule has 130 valence electrons. The molecule has 1 aromatic rings. The molecular formula is C22H30O2. The van der Waals surface area contributed by atoms with Crippen molar-refractivity contribution in [3.63, 3.8) is 0 Å². The van der Waals surface area contributed by atoms with Gasteiger partial charge in [0.25, 0.3) is 0 Å². The number of hydrogen-bond donors (Lipinski definition) is 0. The molecule has 0 aliphatic heterocycles. The topological polar surface area (TPSA) is 34.1 Å². The molecule has 0 spiro atoms. The Morgan fingerprint density at radius 3 is 1.88 bits per heavy atom. The van der Waals surface area contributed by atoms with E-state index in [-0.39, 0.29) is 11.6 Å². The van der Waals surface area contributed by atoms with Gasteiger partial charge in [-0.25, -0.2) is 0 Å². The number of hydrogen-bond acceptors (Lipinski definition) is 2. The number of benzene rings is 1. The Morgan fingerprint density at radius 2 is 1.25 bits per heavy atom. The van der Waals surface area contributed by atoms with Crippen LogP contribution in [0.1, 0.15) is 98.3 Å². The largest absolute Gasteiger partial charge is 0.289 e. The molecule has 0 atom stereocenters. The summed E-state index contributed by atoms with van der Waals surface area (Å²) in [5.41, 5.74) is 1.82. The van der Waals surface area contributed by atoms with Crippen molar-refractivity contribution in [3.05, 3.63) is 47.0 Å². The van der Waals surface area contributed by atoms with Gasteiger partial charge < -0.3 is 0 Å². The van der Waals surface area contributed by atoms with Gasteiger partial charge in [0, 0.05) is 16.7 Å². The first-order valence-corrected chi connectivity index (χ1v) is 9.62. The van der Waals surface area contributed by atoms with Crippen LogP contribution in [0.2, 0.25) is 0 Å². The van der Waals surface area contributed by atoms with Gasteiger partial charge in [-0.1, -0.05) is 89.0 Å². The number of rotatable bonds is 11. The molecule has 1 aliphatic carbocycles. The van der Waals surface area contributed by atoms with Crippen LogP contribution in [0.5, 0.6) is 0 Å². The van der Waals surface area contributed by atoms with Gasteiger partial charge in [-0.15, -0.1) is 0 Å². The summed E-state index contributed by atoms with van der Waals surface area (Å²) in [4.78, 5) is 24.5. The summed E-state index contributed by atoms with van der Waals surface area (Å²) in [5, 5.41) is 0. The fraction of sp³-hybridized carbons (Fsp3) is 0.545. The van der Waals surface area contributed by atoms with Crippen LogP contribution in [0.15, 0.2) is 35.9 Å². The highest BCUT2D eigenvalue weighted by molar-refractivity contribution is 6.24. The van der Waals surface area contributed by atoms with Gasteiger partial charge in [0.1, 0.15) is 0 Å². The molecule has 0 heterocycles. The zero-order valence-electron chi connectivity index (χ0n) is 15.0. The first kappa shape index (κ1) is 18.6. The van der Waals surface area contributed by atoms with Crippen LogP contribution in [-0.4, -0.2) is 11.6 Å². The van der Waals surface area contributed by atoms with E-state index in [2.05, 4.69) is 6.92 Å². The molecule has 0 saturated heterocycles. The lowest BCUT2D eigenvalue weighted by Crippen LogP contribution is -2.16. The molecular weight excluding hydrogens is 296 g/mol. The average molecular weight is 326 g/mol. The second-order valence-corrected chi connectivity index (χ2v) is 6.84. The Morgan fingerprint density at radius 1 is 0.708 bits per heavy atom. The molecule has 2 nitrogen and oxygen atoms in total. The number of Topliss-reactive ketones (excluding diaryl/α,β-unsaturated/α-hetero) is 1. The lowest BCUT2D eigenvalue weighted by atomic mass is 9.87. The van der Waals surface area contributed by atoms with Gasteiger partial charge >= 0.3 is 0 Å². The normalized spacial score (nSPS) is 13.8. The molecule has 0 N–H and O–H groups in total. The number of carbonyl (C=O) groups is 2. The zero-order chi connectivity index (χ0) is 17.2. The van der Waals surface area contributed by atoms with Crippen molar-refractivity contribution >= 4 is 11.6 Å².